The maximum atomic E-state index is 15.0. The van der Waals surface area contributed by atoms with E-state index in [9.17, 15) is 23.2 Å². The summed E-state index contributed by atoms with van der Waals surface area (Å²) in [5, 5.41) is 16.5. The van der Waals surface area contributed by atoms with Gasteiger partial charge >= 0.3 is 6.18 Å². The van der Waals surface area contributed by atoms with E-state index in [1.165, 1.54) is 12.1 Å². The molecule has 1 aromatic heterocycles. The summed E-state index contributed by atoms with van der Waals surface area (Å²) in [5.74, 6) is -0.837. The molecule has 4 aromatic rings. The normalized spacial score (nSPS) is 14.0. The quantitative estimate of drug-likeness (QED) is 0.186. The van der Waals surface area contributed by atoms with E-state index < -0.39 is 29.9 Å². The van der Waals surface area contributed by atoms with Gasteiger partial charge in [-0.05, 0) is 77.9 Å². The number of carbonyl (C=O) groups is 1. The number of benzene rings is 3. The Morgan fingerprint density at radius 1 is 1.07 bits per heavy atom. The largest absolute Gasteiger partial charge is 0.435 e. The Labute approximate surface area is 234 Å². The Morgan fingerprint density at radius 3 is 2.54 bits per heavy atom. The molecule has 3 N–H and O–H groups in total. The van der Waals surface area contributed by atoms with Crippen LogP contribution in [-0.4, -0.2) is 22.1 Å². The average molecular weight is 562 g/mol. The molecule has 41 heavy (non-hydrogen) atoms. The number of aromatic nitrogens is 2. The van der Waals surface area contributed by atoms with Crippen LogP contribution in [0.5, 0.6) is 0 Å². The number of nitrogens with one attached hydrogen (secondary N) is 1. The molecule has 3 aromatic carbocycles. The zero-order chi connectivity index (χ0) is 29.1. The molecule has 1 atom stereocenters. The number of hydrogen-bond acceptors (Lipinski definition) is 5. The van der Waals surface area contributed by atoms with Gasteiger partial charge in [-0.1, -0.05) is 36.4 Å². The number of nitrogens with zero attached hydrogens (tertiary/aromatic N) is 3. The predicted octanol–water partition coefficient (Wildman–Crippen LogP) is 5.87. The molecular formula is C31H27F4N5O. The van der Waals surface area contributed by atoms with Gasteiger partial charge in [0, 0.05) is 19.0 Å². The second-order valence-electron chi connectivity index (χ2n) is 10.2. The van der Waals surface area contributed by atoms with Gasteiger partial charge in [0.1, 0.15) is 11.5 Å². The van der Waals surface area contributed by atoms with Crippen LogP contribution in [0.1, 0.15) is 62.9 Å². The lowest BCUT2D eigenvalue weighted by molar-refractivity contribution is -0.141. The molecule has 0 radical (unpaired) electrons. The highest BCUT2D eigenvalue weighted by Crippen LogP contribution is 2.32. The maximum Gasteiger partial charge on any atom is 0.435 e. The van der Waals surface area contributed by atoms with Crippen molar-refractivity contribution < 1.29 is 22.4 Å². The first-order chi connectivity index (χ1) is 19.7. The lowest BCUT2D eigenvalue weighted by Crippen LogP contribution is -2.25. The van der Waals surface area contributed by atoms with Gasteiger partial charge in [-0.2, -0.15) is 23.5 Å². The lowest BCUT2D eigenvalue weighted by atomic mass is 9.94. The Hall–Kier alpha value is -4.33. The van der Waals surface area contributed by atoms with E-state index in [0.717, 1.165) is 29.6 Å². The summed E-state index contributed by atoms with van der Waals surface area (Å²) in [6, 6.07) is 20.3. The summed E-state index contributed by atoms with van der Waals surface area (Å²) in [4.78, 5) is 13.4. The third-order valence-corrected chi connectivity index (χ3v) is 7.09. The van der Waals surface area contributed by atoms with Gasteiger partial charge in [-0.25, -0.2) is 9.07 Å². The first kappa shape index (κ1) is 28.2. The standard InChI is InChI=1S/C31H27F4N5O/c32-26-10-9-23(30(38-18-19-7-8-19)22-5-1-3-20(11-22)16-36)13-24(26)14-28(41)27-15-29(31(33,34)35)39-40(27)25-6-2-4-21(12-25)17-37/h1-6,9-13,15,19,30,38H,7-8,14,17-18,37H2/t30-/m1/s1. The topological polar surface area (TPSA) is 96.7 Å². The minimum absolute atomic E-state index is 0.0409. The second kappa shape index (κ2) is 11.6. The van der Waals surface area contributed by atoms with E-state index in [0.29, 0.717) is 28.7 Å². The van der Waals surface area contributed by atoms with Crippen LogP contribution >= 0.6 is 0 Å². The molecule has 0 amide bonds. The average Bonchev–Trinajstić information content (AvgIpc) is 3.68. The van der Waals surface area contributed by atoms with Crippen molar-refractivity contribution in [1.82, 2.24) is 15.1 Å². The molecule has 1 heterocycles. The number of alkyl halides is 3. The minimum Gasteiger partial charge on any atom is -0.326 e. The molecule has 0 unspecified atom stereocenters. The number of nitriles is 1. The summed E-state index contributed by atoms with van der Waals surface area (Å²) in [7, 11) is 0. The van der Waals surface area contributed by atoms with E-state index in [1.807, 2.05) is 6.07 Å². The first-order valence-electron chi connectivity index (χ1n) is 13.2. The van der Waals surface area contributed by atoms with E-state index in [-0.39, 0.29) is 29.5 Å². The van der Waals surface area contributed by atoms with Crippen LogP contribution in [-0.2, 0) is 19.1 Å². The van der Waals surface area contributed by atoms with E-state index in [2.05, 4.69) is 16.5 Å². The Morgan fingerprint density at radius 2 is 1.83 bits per heavy atom. The molecule has 0 saturated heterocycles. The van der Waals surface area contributed by atoms with E-state index in [1.54, 1.807) is 48.5 Å². The van der Waals surface area contributed by atoms with Gasteiger partial charge in [-0.15, -0.1) is 0 Å². The fourth-order valence-electron chi connectivity index (χ4n) is 4.73. The third-order valence-electron chi connectivity index (χ3n) is 7.09. The molecule has 0 bridgehead atoms. The minimum atomic E-state index is -4.78. The number of rotatable bonds is 10. The van der Waals surface area contributed by atoms with Crippen LogP contribution < -0.4 is 11.1 Å². The molecule has 1 aliphatic carbocycles. The summed E-state index contributed by atoms with van der Waals surface area (Å²) in [5.41, 5.74) is 7.02. The molecule has 1 saturated carbocycles. The van der Waals surface area contributed by atoms with Crippen molar-refractivity contribution in [1.29, 1.82) is 5.26 Å². The van der Waals surface area contributed by atoms with Crippen LogP contribution in [0.25, 0.3) is 5.69 Å². The second-order valence-corrected chi connectivity index (χ2v) is 10.2. The molecule has 10 heteroatoms. The highest BCUT2D eigenvalue weighted by Gasteiger charge is 2.36. The highest BCUT2D eigenvalue weighted by atomic mass is 19.4. The SMILES string of the molecule is N#Cc1cccc([C@@H](NCC2CC2)c2ccc(F)c(CC(=O)c3cc(C(F)(F)F)nn3-c3cccc(CN)c3)c2)c1. The van der Waals surface area contributed by atoms with Crippen molar-refractivity contribution in [3.8, 4) is 11.8 Å². The molecule has 210 valence electrons. The zero-order valence-corrected chi connectivity index (χ0v) is 22.0. The van der Waals surface area contributed by atoms with Crippen molar-refractivity contribution >= 4 is 5.78 Å². The first-order valence-corrected chi connectivity index (χ1v) is 13.2. The Bertz CT molecular complexity index is 1620. The van der Waals surface area contributed by atoms with Crippen molar-refractivity contribution in [2.75, 3.05) is 6.54 Å². The van der Waals surface area contributed by atoms with Crippen LogP contribution in [0.15, 0.2) is 72.8 Å². The molecule has 6 nitrogen and oxygen atoms in total. The van der Waals surface area contributed by atoms with E-state index >= 15 is 4.39 Å². The van der Waals surface area contributed by atoms with Crippen molar-refractivity contribution in [3.05, 3.63) is 118 Å². The van der Waals surface area contributed by atoms with Gasteiger partial charge in [0.15, 0.2) is 11.5 Å². The smallest absolute Gasteiger partial charge is 0.326 e. The Balaban J connectivity index is 1.49. The molecular weight excluding hydrogens is 534 g/mol. The third kappa shape index (κ3) is 6.53. The summed E-state index contributed by atoms with van der Waals surface area (Å²) < 4.78 is 56.7. The van der Waals surface area contributed by atoms with Crippen LogP contribution in [0.2, 0.25) is 0 Å². The fourth-order valence-corrected chi connectivity index (χ4v) is 4.73. The number of carbonyl (C=O) groups excluding carboxylic acids is 1. The van der Waals surface area contributed by atoms with Gasteiger partial charge in [0.2, 0.25) is 0 Å². The fraction of sp³-hybridized carbons (Fsp3) is 0.258. The molecule has 1 fully saturated rings. The van der Waals surface area contributed by atoms with Crippen LogP contribution in [0.3, 0.4) is 0 Å². The number of hydrogen-bond donors (Lipinski definition) is 2. The maximum absolute atomic E-state index is 15.0. The van der Waals surface area contributed by atoms with Gasteiger partial charge < -0.3 is 11.1 Å². The molecule has 1 aliphatic rings. The summed E-state index contributed by atoms with van der Waals surface area (Å²) in [6.45, 7) is 0.879. The number of nitrogens with two attached hydrogens (primary N) is 1. The highest BCUT2D eigenvalue weighted by molar-refractivity contribution is 5.96. The summed E-state index contributed by atoms with van der Waals surface area (Å²) in [6.07, 6.45) is -3.03. The van der Waals surface area contributed by atoms with Crippen molar-refractivity contribution in [2.24, 2.45) is 11.7 Å². The number of halogens is 4. The van der Waals surface area contributed by atoms with Crippen molar-refractivity contribution in [3.63, 3.8) is 0 Å². The van der Waals surface area contributed by atoms with Gasteiger partial charge in [0.25, 0.3) is 0 Å². The number of ketones is 1. The van der Waals surface area contributed by atoms with Gasteiger partial charge in [0.05, 0.1) is 23.4 Å². The molecule has 0 spiro atoms. The summed E-state index contributed by atoms with van der Waals surface area (Å²) >= 11 is 0. The van der Waals surface area contributed by atoms with Crippen LogP contribution in [0, 0.1) is 23.1 Å². The predicted molar refractivity (Wildman–Crippen MR) is 145 cm³/mol. The lowest BCUT2D eigenvalue weighted by Gasteiger charge is -2.21. The van der Waals surface area contributed by atoms with Crippen LogP contribution in [0.4, 0.5) is 17.6 Å². The van der Waals surface area contributed by atoms with E-state index in [4.69, 9.17) is 5.73 Å². The molecule has 0 aliphatic heterocycles. The molecule has 5 rings (SSSR count). The Kier molecular flexibility index (Phi) is 8.01. The monoisotopic (exact) mass is 561 g/mol. The number of Topliss-reactive ketones (excluding diaryl/α,β-unsaturated/α-hetero) is 1. The zero-order valence-electron chi connectivity index (χ0n) is 22.0. The van der Waals surface area contributed by atoms with Gasteiger partial charge in [-0.3, -0.25) is 4.79 Å². The van der Waals surface area contributed by atoms with Crippen molar-refractivity contribution in [2.45, 2.75) is 38.0 Å².